The Hall–Kier alpha value is -2.36. The highest BCUT2D eigenvalue weighted by atomic mass is 16.1. The Morgan fingerprint density at radius 2 is 1.91 bits per heavy atom. The molecule has 1 aromatic heterocycles. The zero-order valence-electron chi connectivity index (χ0n) is 13.9. The van der Waals surface area contributed by atoms with Gasteiger partial charge in [-0.3, -0.25) is 9.59 Å². The Balaban J connectivity index is 2.01. The maximum Gasteiger partial charge on any atom is 0.253 e. The summed E-state index contributed by atoms with van der Waals surface area (Å²) < 4.78 is 0. The second-order valence-corrected chi connectivity index (χ2v) is 6.30. The van der Waals surface area contributed by atoms with Crippen LogP contribution in [0, 0.1) is 18.8 Å². The minimum absolute atomic E-state index is 0.141. The highest BCUT2D eigenvalue weighted by molar-refractivity contribution is 5.95. The summed E-state index contributed by atoms with van der Waals surface area (Å²) in [5.74, 6) is 0.689. The van der Waals surface area contributed by atoms with Gasteiger partial charge in [-0.25, -0.2) is 0 Å². The SMILES string of the molecule is Cc1cc(=O)[nH]cc1C(=O)NCC(Cc1ccccc1)C(C)C. The normalized spacial score (nSPS) is 12.2. The van der Waals surface area contributed by atoms with Crippen LogP contribution in [0.15, 0.2) is 47.4 Å². The number of benzene rings is 1. The molecule has 1 heterocycles. The van der Waals surface area contributed by atoms with Crippen molar-refractivity contribution in [2.75, 3.05) is 6.54 Å². The summed E-state index contributed by atoms with van der Waals surface area (Å²) in [5, 5.41) is 3.00. The van der Waals surface area contributed by atoms with E-state index in [4.69, 9.17) is 0 Å². The van der Waals surface area contributed by atoms with E-state index in [1.54, 1.807) is 6.92 Å². The van der Waals surface area contributed by atoms with E-state index in [1.807, 2.05) is 18.2 Å². The van der Waals surface area contributed by atoms with E-state index in [0.717, 1.165) is 6.42 Å². The van der Waals surface area contributed by atoms with Crippen LogP contribution in [0.25, 0.3) is 0 Å². The van der Waals surface area contributed by atoms with Crippen molar-refractivity contribution in [3.63, 3.8) is 0 Å². The van der Waals surface area contributed by atoms with E-state index in [1.165, 1.54) is 17.8 Å². The molecule has 0 saturated heterocycles. The molecule has 2 N–H and O–H groups in total. The second-order valence-electron chi connectivity index (χ2n) is 6.30. The van der Waals surface area contributed by atoms with Crippen LogP contribution in [0.5, 0.6) is 0 Å². The first kappa shape index (κ1) is 17.0. The summed E-state index contributed by atoms with van der Waals surface area (Å²) in [6.45, 7) is 6.73. The number of rotatable bonds is 6. The standard InChI is InChI=1S/C19H24N2O2/c1-13(2)16(10-15-7-5-4-6-8-15)11-21-19(23)17-12-20-18(22)9-14(17)3/h4-9,12-13,16H,10-11H2,1-3H3,(H,20,22)(H,21,23). The molecule has 1 amide bonds. The molecule has 0 aliphatic carbocycles. The second kappa shape index (κ2) is 7.77. The molecule has 4 heteroatoms. The first-order valence-electron chi connectivity index (χ1n) is 7.99. The number of nitrogens with one attached hydrogen (secondary N) is 2. The molecule has 0 spiro atoms. The lowest BCUT2D eigenvalue weighted by Gasteiger charge is -2.21. The third-order valence-corrected chi connectivity index (χ3v) is 4.18. The van der Waals surface area contributed by atoms with Crippen molar-refractivity contribution in [2.24, 2.45) is 11.8 Å². The smallest absolute Gasteiger partial charge is 0.253 e. The molecule has 0 bridgehead atoms. The van der Waals surface area contributed by atoms with Crippen molar-refractivity contribution in [3.05, 3.63) is 69.6 Å². The predicted octanol–water partition coefficient (Wildman–Crippen LogP) is 2.93. The van der Waals surface area contributed by atoms with Gasteiger partial charge >= 0.3 is 0 Å². The fourth-order valence-corrected chi connectivity index (χ4v) is 2.60. The number of H-pyrrole nitrogens is 1. The van der Waals surface area contributed by atoms with Crippen molar-refractivity contribution < 1.29 is 4.79 Å². The van der Waals surface area contributed by atoms with Gasteiger partial charge < -0.3 is 10.3 Å². The molecule has 0 fully saturated rings. The van der Waals surface area contributed by atoms with Crippen LogP contribution in [0.3, 0.4) is 0 Å². The molecule has 1 aromatic carbocycles. The minimum atomic E-state index is -0.191. The first-order valence-corrected chi connectivity index (χ1v) is 7.99. The van der Waals surface area contributed by atoms with Crippen LogP contribution in [-0.2, 0) is 6.42 Å². The van der Waals surface area contributed by atoms with Crippen molar-refractivity contribution in [1.29, 1.82) is 0 Å². The maximum atomic E-state index is 12.3. The fraction of sp³-hybridized carbons (Fsp3) is 0.368. The van der Waals surface area contributed by atoms with E-state index in [2.05, 4.69) is 36.3 Å². The Labute approximate surface area is 137 Å². The van der Waals surface area contributed by atoms with Gasteiger partial charge in [0.2, 0.25) is 5.56 Å². The molecule has 1 unspecified atom stereocenters. The molecule has 23 heavy (non-hydrogen) atoms. The van der Waals surface area contributed by atoms with Gasteiger partial charge in [-0.1, -0.05) is 44.2 Å². The van der Waals surface area contributed by atoms with Gasteiger partial charge in [-0.15, -0.1) is 0 Å². The van der Waals surface area contributed by atoms with Gasteiger partial charge in [0.25, 0.3) is 5.91 Å². The van der Waals surface area contributed by atoms with E-state index in [0.29, 0.717) is 29.5 Å². The fourth-order valence-electron chi connectivity index (χ4n) is 2.60. The van der Waals surface area contributed by atoms with Crippen molar-refractivity contribution in [1.82, 2.24) is 10.3 Å². The lowest BCUT2D eigenvalue weighted by Crippen LogP contribution is -2.33. The quantitative estimate of drug-likeness (QED) is 0.861. The van der Waals surface area contributed by atoms with Gasteiger partial charge in [0, 0.05) is 18.8 Å². The van der Waals surface area contributed by atoms with Gasteiger partial charge in [0.1, 0.15) is 0 Å². The number of aromatic nitrogens is 1. The number of hydrogen-bond acceptors (Lipinski definition) is 2. The Morgan fingerprint density at radius 3 is 2.52 bits per heavy atom. The molecule has 0 saturated carbocycles. The maximum absolute atomic E-state index is 12.3. The Kier molecular flexibility index (Phi) is 5.74. The molecule has 0 radical (unpaired) electrons. The first-order chi connectivity index (χ1) is 11.0. The molecule has 4 nitrogen and oxygen atoms in total. The third kappa shape index (κ3) is 4.81. The molecule has 2 rings (SSSR count). The average Bonchev–Trinajstić information content (AvgIpc) is 2.51. The highest BCUT2D eigenvalue weighted by Crippen LogP contribution is 2.17. The van der Waals surface area contributed by atoms with Crippen molar-refractivity contribution >= 4 is 5.91 Å². The summed E-state index contributed by atoms with van der Waals surface area (Å²) in [6.07, 6.45) is 2.41. The van der Waals surface area contributed by atoms with Crippen LogP contribution >= 0.6 is 0 Å². The summed E-state index contributed by atoms with van der Waals surface area (Å²) >= 11 is 0. The van der Waals surface area contributed by atoms with Crippen LogP contribution in [-0.4, -0.2) is 17.4 Å². The molecule has 0 aliphatic heterocycles. The van der Waals surface area contributed by atoms with Crippen LogP contribution < -0.4 is 10.9 Å². The monoisotopic (exact) mass is 312 g/mol. The number of amides is 1. The predicted molar refractivity (Wildman–Crippen MR) is 92.6 cm³/mol. The van der Waals surface area contributed by atoms with Gasteiger partial charge in [0.15, 0.2) is 0 Å². The topological polar surface area (TPSA) is 62.0 Å². The number of carbonyl (C=O) groups excluding carboxylic acids is 1. The summed E-state index contributed by atoms with van der Waals surface area (Å²) in [7, 11) is 0. The van der Waals surface area contributed by atoms with Crippen LogP contribution in [0.2, 0.25) is 0 Å². The Morgan fingerprint density at radius 1 is 1.22 bits per heavy atom. The molecular weight excluding hydrogens is 288 g/mol. The zero-order chi connectivity index (χ0) is 16.8. The summed E-state index contributed by atoms with van der Waals surface area (Å²) in [5.41, 5.74) is 2.30. The lowest BCUT2D eigenvalue weighted by molar-refractivity contribution is 0.0942. The molecule has 1 atom stereocenters. The Bertz CT molecular complexity index is 705. The van der Waals surface area contributed by atoms with Gasteiger partial charge in [-0.2, -0.15) is 0 Å². The van der Waals surface area contributed by atoms with E-state index < -0.39 is 0 Å². The molecule has 0 aliphatic rings. The summed E-state index contributed by atoms with van der Waals surface area (Å²) in [4.78, 5) is 26.1. The van der Waals surface area contributed by atoms with Gasteiger partial charge in [-0.05, 0) is 36.3 Å². The van der Waals surface area contributed by atoms with E-state index in [-0.39, 0.29) is 11.5 Å². The third-order valence-electron chi connectivity index (χ3n) is 4.18. The minimum Gasteiger partial charge on any atom is -0.352 e. The van der Waals surface area contributed by atoms with E-state index >= 15 is 0 Å². The number of pyridine rings is 1. The van der Waals surface area contributed by atoms with Crippen LogP contribution in [0.4, 0.5) is 0 Å². The molecule has 122 valence electrons. The number of aryl methyl sites for hydroxylation is 1. The lowest BCUT2D eigenvalue weighted by atomic mass is 9.89. The van der Waals surface area contributed by atoms with E-state index in [9.17, 15) is 9.59 Å². The molecule has 2 aromatic rings. The molecular formula is C19H24N2O2. The van der Waals surface area contributed by atoms with Crippen molar-refractivity contribution in [2.45, 2.75) is 27.2 Å². The number of carbonyl (C=O) groups is 1. The summed E-state index contributed by atoms with van der Waals surface area (Å²) in [6, 6.07) is 11.8. The largest absolute Gasteiger partial charge is 0.352 e. The van der Waals surface area contributed by atoms with Gasteiger partial charge in [0.05, 0.1) is 5.56 Å². The number of aromatic amines is 1. The number of hydrogen-bond donors (Lipinski definition) is 2. The average molecular weight is 312 g/mol. The highest BCUT2D eigenvalue weighted by Gasteiger charge is 2.17. The van der Waals surface area contributed by atoms with Crippen molar-refractivity contribution in [3.8, 4) is 0 Å². The zero-order valence-corrected chi connectivity index (χ0v) is 13.9. The van der Waals surface area contributed by atoms with Crippen LogP contribution in [0.1, 0.15) is 35.3 Å².